The molecular weight excluding hydrogens is 311 g/mol. The van der Waals surface area contributed by atoms with E-state index in [0.717, 1.165) is 26.8 Å². The van der Waals surface area contributed by atoms with Gasteiger partial charge in [-0.3, -0.25) is 4.98 Å². The summed E-state index contributed by atoms with van der Waals surface area (Å²) < 4.78 is 0. The maximum absolute atomic E-state index is 6.04. The highest BCUT2D eigenvalue weighted by Gasteiger charge is 2.14. The molecule has 0 saturated carbocycles. The van der Waals surface area contributed by atoms with Crippen LogP contribution < -0.4 is 0 Å². The summed E-state index contributed by atoms with van der Waals surface area (Å²) in [5.74, 6) is 0.433. The summed E-state index contributed by atoms with van der Waals surface area (Å²) >= 11 is 13.5. The van der Waals surface area contributed by atoms with Gasteiger partial charge in [-0.15, -0.1) is 22.9 Å². The van der Waals surface area contributed by atoms with Crippen LogP contribution in [0.25, 0.3) is 22.0 Å². The molecule has 5 heteroatoms. The van der Waals surface area contributed by atoms with E-state index < -0.39 is 0 Å². The fraction of sp³-hybridized carbons (Fsp3) is 0.0667. The molecule has 0 aliphatic heterocycles. The Hall–Kier alpha value is -1.42. The fourth-order valence-electron chi connectivity index (χ4n) is 1.87. The van der Waals surface area contributed by atoms with Crippen LogP contribution in [0.4, 0.5) is 0 Å². The third-order valence-electron chi connectivity index (χ3n) is 2.82. The molecule has 2 aromatic heterocycles. The van der Waals surface area contributed by atoms with Crippen LogP contribution in [-0.2, 0) is 5.88 Å². The monoisotopic (exact) mass is 320 g/mol. The van der Waals surface area contributed by atoms with Crippen molar-refractivity contribution in [3.05, 3.63) is 58.6 Å². The van der Waals surface area contributed by atoms with E-state index in [0.29, 0.717) is 10.9 Å². The van der Waals surface area contributed by atoms with Gasteiger partial charge < -0.3 is 0 Å². The van der Waals surface area contributed by atoms with Gasteiger partial charge in [-0.25, -0.2) is 4.98 Å². The zero-order chi connectivity index (χ0) is 13.9. The van der Waals surface area contributed by atoms with E-state index >= 15 is 0 Å². The second-order valence-electron chi connectivity index (χ2n) is 4.15. The van der Waals surface area contributed by atoms with Gasteiger partial charge in [0.15, 0.2) is 0 Å². The minimum atomic E-state index is 0.433. The summed E-state index contributed by atoms with van der Waals surface area (Å²) in [6, 6.07) is 13.4. The largest absolute Gasteiger partial charge is 0.254 e. The van der Waals surface area contributed by atoms with E-state index in [4.69, 9.17) is 23.2 Å². The Morgan fingerprint density at radius 1 is 1.05 bits per heavy atom. The molecule has 2 nitrogen and oxygen atoms in total. The molecule has 2 heterocycles. The maximum Gasteiger partial charge on any atom is 0.142 e. The average molecular weight is 321 g/mol. The number of aromatic nitrogens is 2. The molecule has 0 radical (unpaired) electrons. The molecule has 0 bridgehead atoms. The van der Waals surface area contributed by atoms with Crippen molar-refractivity contribution >= 4 is 34.5 Å². The van der Waals surface area contributed by atoms with E-state index in [-0.39, 0.29) is 0 Å². The Balaban J connectivity index is 2.07. The molecule has 0 N–H and O–H groups in total. The number of hydrogen-bond donors (Lipinski definition) is 0. The maximum atomic E-state index is 6.04. The lowest BCUT2D eigenvalue weighted by molar-refractivity contribution is 1.28. The molecule has 0 amide bonds. The van der Waals surface area contributed by atoms with Crippen LogP contribution in [0.15, 0.2) is 48.7 Å². The highest BCUT2D eigenvalue weighted by Crippen LogP contribution is 2.34. The summed E-state index contributed by atoms with van der Waals surface area (Å²) in [5.41, 5.74) is 2.79. The number of thiazole rings is 1. The first kappa shape index (κ1) is 13.6. The smallest absolute Gasteiger partial charge is 0.142 e. The number of rotatable bonds is 3. The molecular formula is C15H10Cl2N2S. The molecule has 0 aliphatic rings. The lowest BCUT2D eigenvalue weighted by atomic mass is 10.1. The molecule has 100 valence electrons. The average Bonchev–Trinajstić information content (AvgIpc) is 2.93. The van der Waals surface area contributed by atoms with E-state index in [9.17, 15) is 0 Å². The van der Waals surface area contributed by atoms with E-state index in [1.807, 2.05) is 42.5 Å². The van der Waals surface area contributed by atoms with Crippen LogP contribution >= 0.6 is 34.5 Å². The molecule has 0 aliphatic carbocycles. The molecule has 0 spiro atoms. The molecule has 20 heavy (non-hydrogen) atoms. The molecule has 0 unspecified atom stereocenters. The lowest BCUT2D eigenvalue weighted by Crippen LogP contribution is -1.84. The van der Waals surface area contributed by atoms with Gasteiger partial charge in [-0.2, -0.15) is 0 Å². The van der Waals surface area contributed by atoms with E-state index in [1.54, 1.807) is 17.5 Å². The minimum absolute atomic E-state index is 0.433. The van der Waals surface area contributed by atoms with Gasteiger partial charge in [0, 0.05) is 21.7 Å². The fourth-order valence-corrected chi connectivity index (χ4v) is 3.20. The lowest BCUT2D eigenvalue weighted by Gasteiger charge is -1.99. The predicted molar refractivity (Wildman–Crippen MR) is 85.3 cm³/mol. The van der Waals surface area contributed by atoms with Crippen LogP contribution in [0, 0.1) is 0 Å². The Morgan fingerprint density at radius 3 is 2.50 bits per heavy atom. The standard InChI is InChI=1S/C15H10Cl2N2S/c16-9-13-14(10-4-6-11(17)7-5-10)19-15(20-13)12-3-1-2-8-18-12/h1-8H,9H2. The third kappa shape index (κ3) is 2.70. The van der Waals surface area contributed by atoms with Gasteiger partial charge in [-0.1, -0.05) is 29.8 Å². The molecule has 1 aromatic carbocycles. The number of halogens is 2. The molecule has 3 rings (SSSR count). The van der Waals surface area contributed by atoms with Crippen LogP contribution in [0.2, 0.25) is 5.02 Å². The quantitative estimate of drug-likeness (QED) is 0.615. The first-order valence-electron chi connectivity index (χ1n) is 6.01. The van der Waals surface area contributed by atoms with E-state index in [2.05, 4.69) is 9.97 Å². The van der Waals surface area contributed by atoms with Gasteiger partial charge in [0.1, 0.15) is 5.01 Å². The second kappa shape index (κ2) is 5.92. The highest BCUT2D eigenvalue weighted by molar-refractivity contribution is 7.15. The zero-order valence-corrected chi connectivity index (χ0v) is 12.7. The van der Waals surface area contributed by atoms with Crippen molar-refractivity contribution in [2.75, 3.05) is 0 Å². The highest BCUT2D eigenvalue weighted by atomic mass is 35.5. The van der Waals surface area contributed by atoms with Crippen LogP contribution in [0.1, 0.15) is 4.88 Å². The van der Waals surface area contributed by atoms with Gasteiger partial charge >= 0.3 is 0 Å². The van der Waals surface area contributed by atoms with Crippen LogP contribution in [-0.4, -0.2) is 9.97 Å². The second-order valence-corrected chi connectivity index (χ2v) is 5.93. The first-order chi connectivity index (χ1) is 9.78. The SMILES string of the molecule is ClCc1sc(-c2ccccn2)nc1-c1ccc(Cl)cc1. The number of alkyl halides is 1. The van der Waals surface area contributed by atoms with Gasteiger partial charge in [0.05, 0.1) is 17.3 Å². The number of benzene rings is 1. The first-order valence-corrected chi connectivity index (χ1v) is 7.74. The summed E-state index contributed by atoms with van der Waals surface area (Å²) in [6.07, 6.45) is 1.76. The van der Waals surface area contributed by atoms with Crippen LogP contribution in [0.3, 0.4) is 0 Å². The number of nitrogens with zero attached hydrogens (tertiary/aromatic N) is 2. The predicted octanol–water partition coefficient (Wildman–Crippen LogP) is 5.26. The van der Waals surface area contributed by atoms with Crippen molar-refractivity contribution in [2.24, 2.45) is 0 Å². The summed E-state index contributed by atoms with van der Waals surface area (Å²) in [4.78, 5) is 10.0. The Kier molecular flexibility index (Phi) is 4.01. The third-order valence-corrected chi connectivity index (χ3v) is 4.58. The van der Waals surface area contributed by atoms with Crippen molar-refractivity contribution in [3.63, 3.8) is 0 Å². The van der Waals surface area contributed by atoms with Gasteiger partial charge in [-0.05, 0) is 24.3 Å². The van der Waals surface area contributed by atoms with Crippen molar-refractivity contribution in [1.82, 2.24) is 9.97 Å². The van der Waals surface area contributed by atoms with Crippen molar-refractivity contribution in [1.29, 1.82) is 0 Å². The topological polar surface area (TPSA) is 25.8 Å². The van der Waals surface area contributed by atoms with Gasteiger partial charge in [0.25, 0.3) is 0 Å². The zero-order valence-electron chi connectivity index (χ0n) is 10.4. The van der Waals surface area contributed by atoms with Crippen LogP contribution in [0.5, 0.6) is 0 Å². The molecule has 0 fully saturated rings. The Bertz CT molecular complexity index is 708. The minimum Gasteiger partial charge on any atom is -0.254 e. The number of pyridine rings is 1. The molecule has 0 atom stereocenters. The molecule has 0 saturated heterocycles. The number of hydrogen-bond acceptors (Lipinski definition) is 3. The van der Waals surface area contributed by atoms with Crippen molar-refractivity contribution in [3.8, 4) is 22.0 Å². The summed E-state index contributed by atoms with van der Waals surface area (Å²) in [5, 5.41) is 1.59. The Morgan fingerprint density at radius 2 is 1.85 bits per heavy atom. The molecule has 3 aromatic rings. The normalized spacial score (nSPS) is 10.7. The van der Waals surface area contributed by atoms with Gasteiger partial charge in [0.2, 0.25) is 0 Å². The summed E-state index contributed by atoms with van der Waals surface area (Å²) in [6.45, 7) is 0. The van der Waals surface area contributed by atoms with Crippen molar-refractivity contribution in [2.45, 2.75) is 5.88 Å². The Labute approximate surface area is 131 Å². The van der Waals surface area contributed by atoms with E-state index in [1.165, 1.54) is 0 Å². The van der Waals surface area contributed by atoms with Crippen molar-refractivity contribution < 1.29 is 0 Å². The summed E-state index contributed by atoms with van der Waals surface area (Å²) in [7, 11) is 0.